The van der Waals surface area contributed by atoms with Gasteiger partial charge < -0.3 is 15.6 Å². The lowest BCUT2D eigenvalue weighted by atomic mass is 10.1. The predicted molar refractivity (Wildman–Crippen MR) is 51.1 cm³/mol. The fraction of sp³-hybridized carbons (Fsp3) is 0.400. The SMILES string of the molecule is COCc1cccc(C(O)CN)c1F. The lowest BCUT2D eigenvalue weighted by Crippen LogP contribution is -2.14. The zero-order chi connectivity index (χ0) is 10.6. The van der Waals surface area contributed by atoms with Gasteiger partial charge in [0.1, 0.15) is 5.82 Å². The third kappa shape index (κ3) is 2.29. The Bertz CT molecular complexity index is 304. The van der Waals surface area contributed by atoms with Gasteiger partial charge in [-0.25, -0.2) is 4.39 Å². The van der Waals surface area contributed by atoms with Crippen molar-refractivity contribution in [3.05, 3.63) is 35.1 Å². The maximum atomic E-state index is 13.6. The average molecular weight is 199 g/mol. The van der Waals surface area contributed by atoms with Gasteiger partial charge in [0, 0.05) is 24.8 Å². The zero-order valence-electron chi connectivity index (χ0n) is 8.03. The Morgan fingerprint density at radius 1 is 1.57 bits per heavy atom. The van der Waals surface area contributed by atoms with Crippen LogP contribution in [0.4, 0.5) is 4.39 Å². The van der Waals surface area contributed by atoms with Crippen molar-refractivity contribution < 1.29 is 14.2 Å². The molecular weight excluding hydrogens is 185 g/mol. The Morgan fingerprint density at radius 3 is 2.86 bits per heavy atom. The lowest BCUT2D eigenvalue weighted by molar-refractivity contribution is 0.172. The molecule has 4 heteroatoms. The normalized spacial score (nSPS) is 12.9. The molecule has 0 saturated carbocycles. The third-order valence-electron chi connectivity index (χ3n) is 1.99. The highest BCUT2D eigenvalue weighted by Crippen LogP contribution is 2.19. The minimum absolute atomic E-state index is 0.00730. The molecule has 0 bridgehead atoms. The molecule has 78 valence electrons. The molecule has 0 spiro atoms. The van der Waals surface area contributed by atoms with Crippen LogP contribution < -0.4 is 5.73 Å². The molecule has 0 radical (unpaired) electrons. The first-order valence-electron chi connectivity index (χ1n) is 4.35. The van der Waals surface area contributed by atoms with Gasteiger partial charge in [-0.2, -0.15) is 0 Å². The fourth-order valence-corrected chi connectivity index (χ4v) is 1.25. The number of hydrogen-bond donors (Lipinski definition) is 2. The number of benzene rings is 1. The molecule has 3 nitrogen and oxygen atoms in total. The van der Waals surface area contributed by atoms with Crippen LogP contribution in [0.25, 0.3) is 0 Å². The van der Waals surface area contributed by atoms with Gasteiger partial charge in [0.25, 0.3) is 0 Å². The third-order valence-corrected chi connectivity index (χ3v) is 1.99. The molecule has 0 amide bonds. The summed E-state index contributed by atoms with van der Waals surface area (Å²) < 4.78 is 18.4. The maximum absolute atomic E-state index is 13.6. The molecule has 1 aromatic carbocycles. The Labute approximate surface area is 82.3 Å². The monoisotopic (exact) mass is 199 g/mol. The van der Waals surface area contributed by atoms with Crippen molar-refractivity contribution in [1.29, 1.82) is 0 Å². The summed E-state index contributed by atoms with van der Waals surface area (Å²) in [6.45, 7) is 0.199. The summed E-state index contributed by atoms with van der Waals surface area (Å²) in [4.78, 5) is 0. The smallest absolute Gasteiger partial charge is 0.134 e. The number of aliphatic hydroxyl groups is 1. The maximum Gasteiger partial charge on any atom is 0.134 e. The van der Waals surface area contributed by atoms with Gasteiger partial charge in [-0.05, 0) is 0 Å². The van der Waals surface area contributed by atoms with Gasteiger partial charge in [0.05, 0.1) is 12.7 Å². The molecule has 0 aromatic heterocycles. The average Bonchev–Trinajstić information content (AvgIpc) is 2.20. The number of aliphatic hydroxyl groups excluding tert-OH is 1. The van der Waals surface area contributed by atoms with Gasteiger partial charge in [-0.1, -0.05) is 18.2 Å². The molecular formula is C10H14FNO2. The summed E-state index contributed by atoms with van der Waals surface area (Å²) in [6.07, 6.45) is -0.952. The first kappa shape index (κ1) is 11.1. The van der Waals surface area contributed by atoms with Crippen molar-refractivity contribution in [1.82, 2.24) is 0 Å². The van der Waals surface area contributed by atoms with E-state index >= 15 is 0 Å². The zero-order valence-corrected chi connectivity index (χ0v) is 8.03. The first-order chi connectivity index (χ1) is 6.70. The highest BCUT2D eigenvalue weighted by molar-refractivity contribution is 5.27. The number of hydrogen-bond acceptors (Lipinski definition) is 3. The molecule has 1 unspecified atom stereocenters. The minimum atomic E-state index is -0.952. The van der Waals surface area contributed by atoms with Crippen molar-refractivity contribution >= 4 is 0 Å². The van der Waals surface area contributed by atoms with Crippen molar-refractivity contribution in [3.8, 4) is 0 Å². The van der Waals surface area contributed by atoms with Crippen LogP contribution >= 0.6 is 0 Å². The van der Waals surface area contributed by atoms with Gasteiger partial charge in [0.2, 0.25) is 0 Å². The van der Waals surface area contributed by atoms with Crippen LogP contribution in [0.2, 0.25) is 0 Å². The molecule has 3 N–H and O–H groups in total. The predicted octanol–water partition coefficient (Wildman–Crippen LogP) is 0.964. The van der Waals surface area contributed by atoms with E-state index in [0.717, 1.165) is 0 Å². The Morgan fingerprint density at radius 2 is 2.29 bits per heavy atom. The van der Waals surface area contributed by atoms with E-state index in [0.29, 0.717) is 5.56 Å². The van der Waals surface area contributed by atoms with Crippen LogP contribution in [-0.4, -0.2) is 18.8 Å². The Kier molecular flexibility index (Phi) is 4.00. The van der Waals surface area contributed by atoms with Crippen molar-refractivity contribution in [2.24, 2.45) is 5.73 Å². The van der Waals surface area contributed by atoms with Crippen LogP contribution in [0, 0.1) is 5.82 Å². The van der Waals surface area contributed by atoms with E-state index in [2.05, 4.69) is 0 Å². The largest absolute Gasteiger partial charge is 0.387 e. The van der Waals surface area contributed by atoms with Crippen molar-refractivity contribution in [2.45, 2.75) is 12.7 Å². The Balaban J connectivity index is 3.00. The second-order valence-electron chi connectivity index (χ2n) is 3.00. The number of halogens is 1. The number of rotatable bonds is 4. The molecule has 14 heavy (non-hydrogen) atoms. The van der Waals surface area contributed by atoms with E-state index in [1.165, 1.54) is 13.2 Å². The number of methoxy groups -OCH3 is 1. The Hall–Kier alpha value is -0.970. The standard InChI is InChI=1S/C10H14FNO2/c1-14-6-7-3-2-4-8(10(7)11)9(13)5-12/h2-4,9,13H,5-6,12H2,1H3. The second-order valence-corrected chi connectivity index (χ2v) is 3.00. The summed E-state index contributed by atoms with van der Waals surface area (Å²) in [5.41, 5.74) is 5.90. The lowest BCUT2D eigenvalue weighted by Gasteiger charge is -2.11. The highest BCUT2D eigenvalue weighted by Gasteiger charge is 2.13. The summed E-state index contributed by atoms with van der Waals surface area (Å²) in [5.74, 6) is -0.438. The van der Waals surface area contributed by atoms with Crippen LogP contribution in [0.5, 0.6) is 0 Å². The van der Waals surface area contributed by atoms with Gasteiger partial charge in [0.15, 0.2) is 0 Å². The molecule has 0 saturated heterocycles. The van der Waals surface area contributed by atoms with Crippen molar-refractivity contribution in [3.63, 3.8) is 0 Å². The molecule has 0 aliphatic heterocycles. The molecule has 1 atom stereocenters. The molecule has 1 rings (SSSR count). The summed E-state index contributed by atoms with van der Waals surface area (Å²) in [7, 11) is 1.49. The number of nitrogens with two attached hydrogens (primary N) is 1. The minimum Gasteiger partial charge on any atom is -0.387 e. The molecule has 0 fully saturated rings. The topological polar surface area (TPSA) is 55.5 Å². The van der Waals surface area contributed by atoms with Crippen molar-refractivity contribution in [2.75, 3.05) is 13.7 Å². The van der Waals surface area contributed by atoms with Gasteiger partial charge in [-0.15, -0.1) is 0 Å². The number of ether oxygens (including phenoxy) is 1. The van der Waals surface area contributed by atoms with E-state index in [1.807, 2.05) is 0 Å². The summed E-state index contributed by atoms with van der Waals surface area (Å²) in [5, 5.41) is 9.40. The van der Waals surface area contributed by atoms with Crippen LogP contribution in [0.15, 0.2) is 18.2 Å². The first-order valence-corrected chi connectivity index (χ1v) is 4.35. The van der Waals surface area contributed by atoms with E-state index < -0.39 is 11.9 Å². The summed E-state index contributed by atoms with van der Waals surface area (Å²) >= 11 is 0. The van der Waals surface area contributed by atoms with Gasteiger partial charge in [-0.3, -0.25) is 0 Å². The molecule has 0 aliphatic carbocycles. The highest BCUT2D eigenvalue weighted by atomic mass is 19.1. The van der Waals surface area contributed by atoms with Crippen LogP contribution in [-0.2, 0) is 11.3 Å². The second kappa shape index (κ2) is 5.05. The van der Waals surface area contributed by atoms with E-state index in [9.17, 15) is 9.50 Å². The van der Waals surface area contributed by atoms with E-state index in [-0.39, 0.29) is 18.7 Å². The van der Waals surface area contributed by atoms with Crippen LogP contribution in [0.3, 0.4) is 0 Å². The molecule has 0 aliphatic rings. The van der Waals surface area contributed by atoms with E-state index in [4.69, 9.17) is 10.5 Å². The summed E-state index contributed by atoms with van der Waals surface area (Å²) in [6, 6.07) is 4.81. The fourth-order valence-electron chi connectivity index (χ4n) is 1.25. The van der Waals surface area contributed by atoms with Gasteiger partial charge >= 0.3 is 0 Å². The van der Waals surface area contributed by atoms with E-state index in [1.54, 1.807) is 12.1 Å². The molecule has 1 aromatic rings. The quantitative estimate of drug-likeness (QED) is 0.759. The van der Waals surface area contributed by atoms with Crippen LogP contribution in [0.1, 0.15) is 17.2 Å². The molecule has 0 heterocycles.